The summed E-state index contributed by atoms with van der Waals surface area (Å²) in [7, 11) is 0. The monoisotopic (exact) mass is 468 g/mol. The van der Waals surface area contributed by atoms with E-state index in [1.807, 2.05) is 0 Å². The highest BCUT2D eigenvalue weighted by molar-refractivity contribution is 6.42. The van der Waals surface area contributed by atoms with Crippen molar-refractivity contribution in [2.75, 3.05) is 0 Å². The van der Waals surface area contributed by atoms with Gasteiger partial charge in [0.2, 0.25) is 0 Å². The quantitative estimate of drug-likeness (QED) is 0.166. The number of hydrogen-bond donors (Lipinski definition) is 0. The van der Waals surface area contributed by atoms with E-state index in [1.165, 1.54) is 97.3 Å². The van der Waals surface area contributed by atoms with E-state index >= 15 is 0 Å². The summed E-state index contributed by atoms with van der Waals surface area (Å²) in [4.78, 5) is 0. The Hall–Kier alpha value is -4.42. The van der Waals surface area contributed by atoms with Gasteiger partial charge in [0.05, 0.1) is 0 Å². The van der Waals surface area contributed by atoms with E-state index in [0.717, 1.165) is 6.42 Å². The Morgan fingerprint density at radius 2 is 0.703 bits per heavy atom. The third-order valence-corrected chi connectivity index (χ3v) is 9.15. The Balaban J connectivity index is 1.60. The van der Waals surface area contributed by atoms with Gasteiger partial charge in [0, 0.05) is 0 Å². The second-order valence-corrected chi connectivity index (χ2v) is 10.7. The van der Waals surface area contributed by atoms with Gasteiger partial charge in [-0.2, -0.15) is 0 Å². The van der Waals surface area contributed by atoms with Crippen molar-refractivity contribution >= 4 is 86.2 Å². The molecule has 0 aliphatic carbocycles. The van der Waals surface area contributed by atoms with E-state index in [-0.39, 0.29) is 0 Å². The molecule has 172 valence electrons. The Morgan fingerprint density at radius 3 is 1.24 bits per heavy atom. The first-order valence-corrected chi connectivity index (χ1v) is 13.4. The Labute approximate surface area is 214 Å². The molecule has 9 aromatic carbocycles. The first kappa shape index (κ1) is 19.7. The highest BCUT2D eigenvalue weighted by Gasteiger charge is 2.21. The van der Waals surface area contributed by atoms with Crippen LogP contribution in [0.5, 0.6) is 0 Å². The van der Waals surface area contributed by atoms with Gasteiger partial charge >= 0.3 is 0 Å². The highest BCUT2D eigenvalue weighted by atomic mass is 14.2. The fourth-order valence-electron chi connectivity index (χ4n) is 7.60. The van der Waals surface area contributed by atoms with Gasteiger partial charge in [-0.05, 0) is 111 Å². The van der Waals surface area contributed by atoms with Crippen molar-refractivity contribution in [1.29, 1.82) is 0 Å². The van der Waals surface area contributed by atoms with Crippen LogP contribution in [0.4, 0.5) is 0 Å². The minimum atomic E-state index is 1.03. The highest BCUT2D eigenvalue weighted by Crippen LogP contribution is 2.48. The zero-order chi connectivity index (χ0) is 24.4. The average Bonchev–Trinajstić information content (AvgIpc) is 2.96. The lowest BCUT2D eigenvalue weighted by atomic mass is 9.82. The van der Waals surface area contributed by atoms with Crippen LogP contribution >= 0.6 is 0 Å². The van der Waals surface area contributed by atoms with Crippen LogP contribution in [0.2, 0.25) is 0 Å². The zero-order valence-electron chi connectivity index (χ0n) is 20.9. The van der Waals surface area contributed by atoms with Gasteiger partial charge in [0.25, 0.3) is 0 Å². The maximum atomic E-state index is 2.40. The third-order valence-electron chi connectivity index (χ3n) is 9.15. The topological polar surface area (TPSA) is 0 Å². The second kappa shape index (κ2) is 6.66. The molecule has 0 nitrogen and oxygen atoms in total. The van der Waals surface area contributed by atoms with Crippen LogP contribution < -0.4 is 0 Å². The standard InChI is InChI=1S/C37H24/c1-3-21-24-9-6-7-11-26(24)29-16-19-33-30-13-12-23-20(2)22-8-4-5-10-25(22)28-15-18-31(36(30)34(23)28)32-17-14-27(21)35(29)37(32)33/h4-19H,3H2,1-2H3. The van der Waals surface area contributed by atoms with E-state index in [4.69, 9.17) is 0 Å². The summed E-state index contributed by atoms with van der Waals surface area (Å²) < 4.78 is 0. The Morgan fingerprint density at radius 1 is 0.351 bits per heavy atom. The van der Waals surface area contributed by atoms with Crippen molar-refractivity contribution in [1.82, 2.24) is 0 Å². The van der Waals surface area contributed by atoms with Crippen LogP contribution in [0.3, 0.4) is 0 Å². The average molecular weight is 469 g/mol. The second-order valence-electron chi connectivity index (χ2n) is 10.7. The molecule has 0 unspecified atom stereocenters. The summed E-state index contributed by atoms with van der Waals surface area (Å²) in [6, 6.07) is 36.9. The summed E-state index contributed by atoms with van der Waals surface area (Å²) in [5.41, 5.74) is 2.84. The van der Waals surface area contributed by atoms with Crippen molar-refractivity contribution in [3.8, 4) is 0 Å². The summed E-state index contributed by atoms with van der Waals surface area (Å²) in [5.74, 6) is 0. The number of aryl methyl sites for hydroxylation is 2. The van der Waals surface area contributed by atoms with Crippen LogP contribution in [0.15, 0.2) is 97.1 Å². The molecule has 0 radical (unpaired) electrons. The first-order chi connectivity index (χ1) is 18.3. The predicted molar refractivity (Wildman–Crippen MR) is 163 cm³/mol. The van der Waals surface area contributed by atoms with E-state index < -0.39 is 0 Å². The summed E-state index contributed by atoms with van der Waals surface area (Å²) in [6.07, 6.45) is 1.03. The minimum absolute atomic E-state index is 1.03. The van der Waals surface area contributed by atoms with Crippen molar-refractivity contribution < 1.29 is 0 Å². The largest absolute Gasteiger partial charge is 0.0616 e. The Bertz CT molecular complexity index is 2370. The van der Waals surface area contributed by atoms with Crippen LogP contribution in [-0.4, -0.2) is 0 Å². The first-order valence-electron chi connectivity index (χ1n) is 13.4. The van der Waals surface area contributed by atoms with Gasteiger partial charge in [-0.1, -0.05) is 104 Å². The maximum absolute atomic E-state index is 2.40. The summed E-state index contributed by atoms with van der Waals surface area (Å²) in [6.45, 7) is 4.58. The van der Waals surface area contributed by atoms with Gasteiger partial charge in [-0.3, -0.25) is 0 Å². The number of rotatable bonds is 1. The number of benzene rings is 9. The molecule has 0 aromatic heterocycles. The summed E-state index contributed by atoms with van der Waals surface area (Å²) >= 11 is 0. The molecule has 0 saturated carbocycles. The van der Waals surface area contributed by atoms with Gasteiger partial charge < -0.3 is 0 Å². The SMILES string of the molecule is CCc1c2ccccc2c2ccc3c4ccc5c(C)c6ccccc6c6ccc(c7ccc1c2c73)c4c56. The molecule has 0 aliphatic heterocycles. The molecule has 0 saturated heterocycles. The van der Waals surface area contributed by atoms with E-state index in [9.17, 15) is 0 Å². The normalized spacial score (nSPS) is 12.7. The molecular weight excluding hydrogens is 444 g/mol. The van der Waals surface area contributed by atoms with Crippen molar-refractivity contribution in [3.63, 3.8) is 0 Å². The lowest BCUT2D eigenvalue weighted by Gasteiger charge is -2.21. The molecule has 9 aromatic rings. The molecular formula is C37H24. The Kier molecular flexibility index (Phi) is 3.55. The fourth-order valence-corrected chi connectivity index (χ4v) is 7.60. The van der Waals surface area contributed by atoms with Gasteiger partial charge in [-0.15, -0.1) is 0 Å². The molecule has 0 aliphatic rings. The predicted octanol–water partition coefficient (Wildman–Crippen LogP) is 10.7. The van der Waals surface area contributed by atoms with Crippen molar-refractivity contribution in [2.45, 2.75) is 20.3 Å². The van der Waals surface area contributed by atoms with Crippen LogP contribution in [0, 0.1) is 6.92 Å². The van der Waals surface area contributed by atoms with E-state index in [1.54, 1.807) is 0 Å². The fraction of sp³-hybridized carbons (Fsp3) is 0.0811. The molecule has 0 bridgehead atoms. The smallest absolute Gasteiger partial charge is 0.00140 e. The van der Waals surface area contributed by atoms with Crippen LogP contribution in [-0.2, 0) is 6.42 Å². The lowest BCUT2D eigenvalue weighted by Crippen LogP contribution is -1.94. The van der Waals surface area contributed by atoms with E-state index in [0.29, 0.717) is 0 Å². The number of fused-ring (bicyclic) bond motifs is 6. The zero-order valence-corrected chi connectivity index (χ0v) is 20.9. The molecule has 0 fully saturated rings. The van der Waals surface area contributed by atoms with Gasteiger partial charge in [0.15, 0.2) is 0 Å². The molecule has 0 N–H and O–H groups in total. The molecule has 0 amide bonds. The minimum Gasteiger partial charge on any atom is -0.0616 e. The lowest BCUT2D eigenvalue weighted by molar-refractivity contribution is 1.18. The maximum Gasteiger partial charge on any atom is -0.00140 e. The third kappa shape index (κ3) is 2.22. The molecule has 0 spiro atoms. The van der Waals surface area contributed by atoms with Crippen LogP contribution in [0.1, 0.15) is 18.1 Å². The molecule has 37 heavy (non-hydrogen) atoms. The van der Waals surface area contributed by atoms with Gasteiger partial charge in [-0.25, -0.2) is 0 Å². The molecule has 0 heteroatoms. The van der Waals surface area contributed by atoms with Crippen LogP contribution in [0.25, 0.3) is 86.2 Å². The summed E-state index contributed by atoms with van der Waals surface area (Å²) in [5, 5.41) is 22.1. The number of hydrogen-bond acceptors (Lipinski definition) is 0. The van der Waals surface area contributed by atoms with Gasteiger partial charge in [0.1, 0.15) is 0 Å². The van der Waals surface area contributed by atoms with E-state index in [2.05, 4.69) is 111 Å². The molecule has 9 rings (SSSR count). The van der Waals surface area contributed by atoms with Crippen molar-refractivity contribution in [3.05, 3.63) is 108 Å². The van der Waals surface area contributed by atoms with Crippen molar-refractivity contribution in [2.24, 2.45) is 0 Å². The molecule has 0 atom stereocenters. The molecule has 0 heterocycles.